The number of ketones is 1. The maximum absolute atomic E-state index is 15.9. The lowest BCUT2D eigenvalue weighted by molar-refractivity contribution is -0.130. The van der Waals surface area contributed by atoms with E-state index >= 15 is 14.4 Å². The van der Waals surface area contributed by atoms with Crippen LogP contribution >= 0.6 is 11.6 Å². The summed E-state index contributed by atoms with van der Waals surface area (Å²) in [6.45, 7) is 1.81. The Balaban J connectivity index is 1.49. The van der Waals surface area contributed by atoms with Crippen molar-refractivity contribution in [2.45, 2.75) is 17.8 Å². The first kappa shape index (κ1) is 30.7. The van der Waals surface area contributed by atoms with Crippen molar-refractivity contribution in [1.82, 2.24) is 0 Å². The van der Waals surface area contributed by atoms with Gasteiger partial charge in [-0.15, -0.1) is 0 Å². The fourth-order valence-electron chi connectivity index (χ4n) is 8.61. The maximum Gasteiger partial charge on any atom is 0.339 e. The maximum atomic E-state index is 15.9. The minimum atomic E-state index is -1.52. The Labute approximate surface area is 288 Å². The van der Waals surface area contributed by atoms with Crippen LogP contribution in [0, 0.1) is 11.8 Å². The van der Waals surface area contributed by atoms with Crippen LogP contribution in [-0.4, -0.2) is 30.2 Å². The number of anilines is 1. The van der Waals surface area contributed by atoms with Crippen molar-refractivity contribution in [1.29, 1.82) is 0 Å². The fourth-order valence-corrected chi connectivity index (χ4v) is 8.80. The van der Waals surface area contributed by atoms with Crippen LogP contribution < -0.4 is 4.90 Å². The van der Waals surface area contributed by atoms with Gasteiger partial charge in [0.2, 0.25) is 11.8 Å². The number of hydrogen-bond donors (Lipinski definition) is 0. The molecule has 0 radical (unpaired) electrons. The number of fused-ring (bicyclic) bond motifs is 5. The van der Waals surface area contributed by atoms with Crippen molar-refractivity contribution in [2.75, 3.05) is 11.5 Å². The molecule has 4 atom stereocenters. The van der Waals surface area contributed by atoms with E-state index in [1.54, 1.807) is 13.0 Å². The average molecular weight is 664 g/mol. The minimum absolute atomic E-state index is 0.0429. The molecule has 1 heterocycles. The van der Waals surface area contributed by atoms with E-state index in [2.05, 4.69) is 0 Å². The summed E-state index contributed by atoms with van der Waals surface area (Å²) in [6, 6.07) is 42.6. The summed E-state index contributed by atoms with van der Waals surface area (Å²) in [5, 5.41) is 0.137. The second-order valence-corrected chi connectivity index (χ2v) is 12.9. The summed E-state index contributed by atoms with van der Waals surface area (Å²) in [5.41, 5.74) is 1.50. The van der Waals surface area contributed by atoms with Crippen LogP contribution in [0.1, 0.15) is 39.5 Å². The molecule has 0 unspecified atom stereocenters. The molecule has 5 aromatic carbocycles. The fraction of sp³-hybridized carbons (Fsp3) is 0.143. The molecular weight excluding hydrogens is 634 g/mol. The molecule has 1 aliphatic heterocycles. The van der Waals surface area contributed by atoms with E-state index in [0.29, 0.717) is 22.3 Å². The van der Waals surface area contributed by atoms with E-state index < -0.39 is 40.4 Å². The molecule has 6 nitrogen and oxygen atoms in total. The van der Waals surface area contributed by atoms with E-state index in [-0.39, 0.29) is 28.7 Å². The van der Waals surface area contributed by atoms with Gasteiger partial charge in [0.25, 0.3) is 0 Å². The first-order valence-electron chi connectivity index (χ1n) is 16.2. The van der Waals surface area contributed by atoms with Crippen LogP contribution in [0.25, 0.3) is 11.1 Å². The Bertz CT molecular complexity index is 2060. The van der Waals surface area contributed by atoms with Crippen LogP contribution in [-0.2, 0) is 30.0 Å². The third-order valence-electron chi connectivity index (χ3n) is 10.3. The molecule has 2 bridgehead atoms. The second kappa shape index (κ2) is 11.5. The number of benzene rings is 5. The first-order valence-corrected chi connectivity index (χ1v) is 16.6. The Morgan fingerprint density at radius 1 is 0.653 bits per heavy atom. The van der Waals surface area contributed by atoms with Gasteiger partial charge in [0.1, 0.15) is 0 Å². The molecule has 2 aliphatic carbocycles. The van der Waals surface area contributed by atoms with Crippen molar-refractivity contribution < 1.29 is 23.9 Å². The van der Waals surface area contributed by atoms with Gasteiger partial charge in [-0.1, -0.05) is 133 Å². The number of carbonyl (C=O) groups is 4. The number of imide groups is 1. The predicted molar refractivity (Wildman–Crippen MR) is 188 cm³/mol. The number of carbonyl (C=O) groups excluding carboxylic acids is 4. The van der Waals surface area contributed by atoms with Crippen molar-refractivity contribution >= 4 is 52.0 Å². The lowest BCUT2D eigenvalue weighted by Gasteiger charge is -2.39. The summed E-state index contributed by atoms with van der Waals surface area (Å²) in [7, 11) is 0. The topological polar surface area (TPSA) is 80.8 Å². The van der Waals surface area contributed by atoms with Gasteiger partial charge in [-0.25, -0.2) is 9.69 Å². The average Bonchev–Trinajstić information content (AvgIpc) is 3.65. The van der Waals surface area contributed by atoms with Crippen molar-refractivity contribution in [2.24, 2.45) is 11.8 Å². The lowest BCUT2D eigenvalue weighted by atomic mass is 9.59. The Morgan fingerprint density at radius 2 is 1.08 bits per heavy atom. The molecule has 49 heavy (non-hydrogen) atoms. The third-order valence-corrected chi connectivity index (χ3v) is 10.6. The van der Waals surface area contributed by atoms with Crippen LogP contribution in [0.2, 0.25) is 5.02 Å². The number of halogens is 1. The molecule has 1 saturated heterocycles. The molecule has 8 rings (SSSR count). The van der Waals surface area contributed by atoms with E-state index in [0.717, 1.165) is 16.0 Å². The number of ether oxygens (including phenoxy) is 1. The molecule has 240 valence electrons. The molecular formula is C42H30ClNO5. The highest BCUT2D eigenvalue weighted by Gasteiger charge is 2.82. The number of hydrogen-bond acceptors (Lipinski definition) is 5. The molecule has 3 aliphatic rings. The summed E-state index contributed by atoms with van der Waals surface area (Å²) < 4.78 is 5.22. The normalized spacial score (nSPS) is 24.0. The third kappa shape index (κ3) is 4.07. The molecule has 2 fully saturated rings. The highest BCUT2D eigenvalue weighted by atomic mass is 35.5. The predicted octanol–water partition coefficient (Wildman–Crippen LogP) is 7.71. The largest absolute Gasteiger partial charge is 0.462 e. The van der Waals surface area contributed by atoms with Crippen molar-refractivity contribution in [3.63, 3.8) is 0 Å². The Kier molecular flexibility index (Phi) is 7.23. The number of esters is 1. The van der Waals surface area contributed by atoms with Gasteiger partial charge in [-0.05, 0) is 58.5 Å². The van der Waals surface area contributed by atoms with E-state index in [4.69, 9.17) is 16.3 Å². The summed E-state index contributed by atoms with van der Waals surface area (Å²) in [4.78, 5) is 60.3. The number of Topliss-reactive ketones (excluding diaryl/α,β-unsaturated/α-hetero) is 1. The zero-order valence-electron chi connectivity index (χ0n) is 26.5. The molecule has 0 N–H and O–H groups in total. The van der Waals surface area contributed by atoms with Gasteiger partial charge in [0.15, 0.2) is 5.78 Å². The summed E-state index contributed by atoms with van der Waals surface area (Å²) >= 11 is 6.42. The first-order chi connectivity index (χ1) is 23.9. The highest BCUT2D eigenvalue weighted by molar-refractivity contribution is 6.39. The summed E-state index contributed by atoms with van der Waals surface area (Å²) in [6.07, 6.45) is 0. The van der Waals surface area contributed by atoms with E-state index in [9.17, 15) is 4.79 Å². The Morgan fingerprint density at radius 3 is 1.51 bits per heavy atom. The van der Waals surface area contributed by atoms with E-state index in [1.807, 2.05) is 121 Å². The van der Waals surface area contributed by atoms with Gasteiger partial charge in [0.05, 0.1) is 45.5 Å². The molecule has 7 heteroatoms. The van der Waals surface area contributed by atoms with Crippen molar-refractivity contribution in [3.8, 4) is 0 Å². The number of nitrogens with zero attached hydrogens (tertiary/aromatic N) is 1. The second-order valence-electron chi connectivity index (χ2n) is 12.5. The lowest BCUT2D eigenvalue weighted by Crippen LogP contribution is -2.45. The van der Waals surface area contributed by atoms with Gasteiger partial charge in [-0.2, -0.15) is 0 Å². The standard InChI is InChI=1S/C42H30ClNO5/c1-2-49-39(47)31-25-30(23-24-32(31)43)44-37(45)35-36(38(44)46)42(29-21-13-6-14-22-29)34(27-17-9-4-10-18-27)33(26-15-7-3-8-16-26)41(35,40(42)48)28-19-11-5-12-20-28/h3-25,35-36H,2H2,1H3/t35-,36-,41-,42-/m0/s1. The zero-order valence-corrected chi connectivity index (χ0v) is 27.3. The number of rotatable bonds is 7. The monoisotopic (exact) mass is 663 g/mol. The molecule has 1 saturated carbocycles. The van der Waals surface area contributed by atoms with Crippen LogP contribution in [0.5, 0.6) is 0 Å². The SMILES string of the molecule is CCOC(=O)c1cc(N2C(=O)[C@@H]3[C@@H](C2=O)[C@@]2(c4ccccc4)C(=O)[C@@]3(c3ccccc3)C(c3ccccc3)=C2c2ccccc2)ccc1Cl. The number of amides is 2. The molecule has 0 spiro atoms. The van der Waals surface area contributed by atoms with Crippen molar-refractivity contribution in [3.05, 3.63) is 172 Å². The van der Waals surface area contributed by atoms with E-state index in [1.165, 1.54) is 12.1 Å². The van der Waals surface area contributed by atoms with Gasteiger partial charge >= 0.3 is 5.97 Å². The van der Waals surface area contributed by atoms with Gasteiger partial charge < -0.3 is 4.74 Å². The molecule has 0 aromatic heterocycles. The number of allylic oxidation sites excluding steroid dienone is 2. The summed E-state index contributed by atoms with van der Waals surface area (Å²) in [5.74, 6) is -4.05. The molecule has 5 aromatic rings. The van der Waals surface area contributed by atoms with Crippen LogP contribution in [0.15, 0.2) is 140 Å². The zero-order chi connectivity index (χ0) is 33.9. The minimum Gasteiger partial charge on any atom is -0.462 e. The van der Waals surface area contributed by atoms with Crippen LogP contribution in [0.3, 0.4) is 0 Å². The smallest absolute Gasteiger partial charge is 0.339 e. The highest BCUT2D eigenvalue weighted by Crippen LogP contribution is 2.74. The van der Waals surface area contributed by atoms with Gasteiger partial charge in [-0.3, -0.25) is 14.4 Å². The van der Waals surface area contributed by atoms with Crippen LogP contribution in [0.4, 0.5) is 5.69 Å². The Hall–Kier alpha value is -5.59. The quantitative estimate of drug-likeness (QED) is 0.132. The van der Waals surface area contributed by atoms with Gasteiger partial charge in [0, 0.05) is 0 Å². The molecule has 2 amide bonds.